The monoisotopic (exact) mass is 191 g/mol. The number of ketones is 1. The quantitative estimate of drug-likeness (QED) is 0.551. The Hall–Kier alpha value is -0.260. The Morgan fingerprint density at radius 3 is 2.73 bits per heavy atom. The molecule has 0 saturated heterocycles. The minimum Gasteiger partial charge on any atom is -0.296 e. The van der Waals surface area contributed by atoms with Crippen molar-refractivity contribution in [3.05, 3.63) is 0 Å². The maximum absolute atomic E-state index is 11.0. The lowest BCUT2D eigenvalue weighted by molar-refractivity contribution is -0.121. The third kappa shape index (κ3) is 1.85. The first-order chi connectivity index (χ1) is 5.06. The Labute approximate surface area is 75.1 Å². The molecule has 0 aromatic rings. The highest BCUT2D eigenvalue weighted by atomic mass is 35.5. The number of hydrogen-bond donors (Lipinski definition) is 0. The zero-order valence-electron chi connectivity index (χ0n) is 5.81. The van der Waals surface area contributed by atoms with Crippen molar-refractivity contribution in [2.75, 3.05) is 0 Å². The van der Waals surface area contributed by atoms with Crippen LogP contribution < -0.4 is 0 Å². The SMILES string of the molecule is N#CC1CCC(=O)C(Cl)(Cl)C1. The van der Waals surface area contributed by atoms with Gasteiger partial charge in [0.05, 0.1) is 12.0 Å². The molecule has 0 bridgehead atoms. The van der Waals surface area contributed by atoms with Crippen molar-refractivity contribution in [3.8, 4) is 6.07 Å². The molecule has 0 spiro atoms. The number of carbonyl (C=O) groups excluding carboxylic acids is 1. The second-order valence-corrected chi connectivity index (χ2v) is 4.18. The first kappa shape index (κ1) is 8.83. The summed E-state index contributed by atoms with van der Waals surface area (Å²) in [4.78, 5) is 11.0. The Morgan fingerprint density at radius 1 is 1.64 bits per heavy atom. The molecule has 1 atom stereocenters. The van der Waals surface area contributed by atoms with Gasteiger partial charge in [0.1, 0.15) is 0 Å². The molecule has 2 nitrogen and oxygen atoms in total. The zero-order valence-corrected chi connectivity index (χ0v) is 7.32. The molecule has 1 saturated carbocycles. The van der Waals surface area contributed by atoms with Crippen LogP contribution in [0.15, 0.2) is 0 Å². The minimum absolute atomic E-state index is 0.160. The Balaban J connectivity index is 2.68. The van der Waals surface area contributed by atoms with Gasteiger partial charge in [0.25, 0.3) is 0 Å². The third-order valence-electron chi connectivity index (χ3n) is 1.81. The van der Waals surface area contributed by atoms with Crippen molar-refractivity contribution in [3.63, 3.8) is 0 Å². The van der Waals surface area contributed by atoms with E-state index >= 15 is 0 Å². The molecule has 60 valence electrons. The Morgan fingerprint density at radius 2 is 2.27 bits per heavy atom. The van der Waals surface area contributed by atoms with Gasteiger partial charge in [0, 0.05) is 12.8 Å². The lowest BCUT2D eigenvalue weighted by Crippen LogP contribution is -2.33. The van der Waals surface area contributed by atoms with Crippen LogP contribution in [-0.4, -0.2) is 10.1 Å². The fourth-order valence-corrected chi connectivity index (χ4v) is 1.69. The standard InChI is InChI=1S/C7H7Cl2NO/c8-7(9)3-5(4-10)1-2-6(7)11/h5H,1-3H2. The number of alkyl halides is 2. The second kappa shape index (κ2) is 3.00. The van der Waals surface area contributed by atoms with Crippen LogP contribution in [0.2, 0.25) is 0 Å². The number of halogens is 2. The summed E-state index contributed by atoms with van der Waals surface area (Å²) in [5.41, 5.74) is 0. The van der Waals surface area contributed by atoms with Gasteiger partial charge in [-0.15, -0.1) is 0 Å². The fraction of sp³-hybridized carbons (Fsp3) is 0.714. The molecule has 0 aromatic heterocycles. The van der Waals surface area contributed by atoms with Gasteiger partial charge in [-0.2, -0.15) is 5.26 Å². The number of carbonyl (C=O) groups is 1. The molecule has 0 radical (unpaired) electrons. The predicted molar refractivity (Wildman–Crippen MR) is 42.4 cm³/mol. The Bertz CT molecular complexity index is 219. The minimum atomic E-state index is -1.31. The number of nitrogens with zero attached hydrogens (tertiary/aromatic N) is 1. The van der Waals surface area contributed by atoms with Crippen molar-refractivity contribution in [1.82, 2.24) is 0 Å². The van der Waals surface area contributed by atoms with E-state index in [0.717, 1.165) is 0 Å². The molecule has 0 aromatic carbocycles. The summed E-state index contributed by atoms with van der Waals surface area (Å²) < 4.78 is -1.31. The molecule has 0 N–H and O–H groups in total. The van der Waals surface area contributed by atoms with Crippen LogP contribution in [0.25, 0.3) is 0 Å². The van der Waals surface area contributed by atoms with E-state index in [1.165, 1.54) is 0 Å². The average Bonchev–Trinajstić information content (AvgIpc) is 1.95. The molecule has 11 heavy (non-hydrogen) atoms. The van der Waals surface area contributed by atoms with E-state index in [2.05, 4.69) is 6.07 Å². The maximum atomic E-state index is 11.0. The lowest BCUT2D eigenvalue weighted by atomic mass is 9.89. The van der Waals surface area contributed by atoms with Gasteiger partial charge < -0.3 is 0 Å². The van der Waals surface area contributed by atoms with Crippen LogP contribution in [0, 0.1) is 17.2 Å². The van der Waals surface area contributed by atoms with E-state index in [0.29, 0.717) is 12.8 Å². The normalized spacial score (nSPS) is 29.5. The van der Waals surface area contributed by atoms with Gasteiger partial charge >= 0.3 is 0 Å². The fourth-order valence-electron chi connectivity index (χ4n) is 1.12. The van der Waals surface area contributed by atoms with E-state index in [1.54, 1.807) is 0 Å². The van der Waals surface area contributed by atoms with E-state index < -0.39 is 4.33 Å². The molecule has 1 aliphatic rings. The van der Waals surface area contributed by atoms with Gasteiger partial charge in [0.2, 0.25) is 0 Å². The van der Waals surface area contributed by atoms with Crippen molar-refractivity contribution in [2.45, 2.75) is 23.6 Å². The van der Waals surface area contributed by atoms with E-state index in [-0.39, 0.29) is 18.1 Å². The highest BCUT2D eigenvalue weighted by Gasteiger charge is 2.39. The number of hydrogen-bond acceptors (Lipinski definition) is 2. The number of Topliss-reactive ketones (excluding diaryl/α,β-unsaturated/α-hetero) is 1. The maximum Gasteiger partial charge on any atom is 0.177 e. The van der Waals surface area contributed by atoms with E-state index in [9.17, 15) is 4.79 Å². The van der Waals surface area contributed by atoms with Gasteiger partial charge in [-0.25, -0.2) is 0 Å². The van der Waals surface area contributed by atoms with Crippen molar-refractivity contribution in [2.24, 2.45) is 5.92 Å². The first-order valence-corrected chi connectivity index (χ1v) is 4.12. The molecule has 0 amide bonds. The van der Waals surface area contributed by atoms with Crippen LogP contribution in [0.5, 0.6) is 0 Å². The molecule has 0 aliphatic heterocycles. The van der Waals surface area contributed by atoms with Crippen molar-refractivity contribution in [1.29, 1.82) is 5.26 Å². The van der Waals surface area contributed by atoms with E-state index in [4.69, 9.17) is 28.5 Å². The third-order valence-corrected chi connectivity index (χ3v) is 2.54. The molecule has 4 heteroatoms. The van der Waals surface area contributed by atoms with Gasteiger partial charge in [0.15, 0.2) is 10.1 Å². The predicted octanol–water partition coefficient (Wildman–Crippen LogP) is 2.05. The molecule has 0 heterocycles. The first-order valence-electron chi connectivity index (χ1n) is 3.37. The Kier molecular flexibility index (Phi) is 2.41. The summed E-state index contributed by atoms with van der Waals surface area (Å²) in [7, 11) is 0. The number of rotatable bonds is 0. The summed E-state index contributed by atoms with van der Waals surface area (Å²) >= 11 is 11.3. The van der Waals surface area contributed by atoms with Crippen LogP contribution in [0.3, 0.4) is 0 Å². The van der Waals surface area contributed by atoms with Crippen molar-refractivity contribution < 1.29 is 4.79 Å². The highest BCUT2D eigenvalue weighted by molar-refractivity contribution is 6.58. The van der Waals surface area contributed by atoms with Gasteiger partial charge in [-0.1, -0.05) is 23.2 Å². The smallest absolute Gasteiger partial charge is 0.177 e. The number of nitriles is 1. The zero-order chi connectivity index (χ0) is 8.48. The summed E-state index contributed by atoms with van der Waals surface area (Å²) in [6, 6.07) is 2.06. The van der Waals surface area contributed by atoms with Gasteiger partial charge in [-0.05, 0) is 6.42 Å². The van der Waals surface area contributed by atoms with Gasteiger partial charge in [-0.3, -0.25) is 4.79 Å². The van der Waals surface area contributed by atoms with E-state index in [1.807, 2.05) is 0 Å². The topological polar surface area (TPSA) is 40.9 Å². The van der Waals surface area contributed by atoms with Crippen LogP contribution in [-0.2, 0) is 4.79 Å². The van der Waals surface area contributed by atoms with Crippen LogP contribution in [0.4, 0.5) is 0 Å². The lowest BCUT2D eigenvalue weighted by Gasteiger charge is -2.25. The summed E-state index contributed by atoms with van der Waals surface area (Å²) in [5, 5.41) is 8.53. The van der Waals surface area contributed by atoms with Crippen molar-refractivity contribution >= 4 is 29.0 Å². The van der Waals surface area contributed by atoms with Crippen LogP contribution in [0.1, 0.15) is 19.3 Å². The second-order valence-electron chi connectivity index (χ2n) is 2.70. The molecule has 1 fully saturated rings. The average molecular weight is 192 g/mol. The highest BCUT2D eigenvalue weighted by Crippen LogP contribution is 2.37. The summed E-state index contributed by atoms with van der Waals surface area (Å²) in [6.45, 7) is 0. The molecule has 1 aliphatic carbocycles. The largest absolute Gasteiger partial charge is 0.296 e. The molecule has 1 unspecified atom stereocenters. The molecular formula is C7H7Cl2NO. The summed E-state index contributed by atoms with van der Waals surface area (Å²) in [5.74, 6) is -0.324. The summed E-state index contributed by atoms with van der Waals surface area (Å²) in [6.07, 6.45) is 1.19. The molecular weight excluding hydrogens is 185 g/mol. The molecule has 1 rings (SSSR count). The van der Waals surface area contributed by atoms with Crippen LogP contribution >= 0.6 is 23.2 Å².